The lowest BCUT2D eigenvalue weighted by atomic mass is 10.1. The summed E-state index contributed by atoms with van der Waals surface area (Å²) >= 11 is 0. The Kier molecular flexibility index (Phi) is 7.28. The highest BCUT2D eigenvalue weighted by molar-refractivity contribution is 7.89. The van der Waals surface area contributed by atoms with Crippen LogP contribution in [0.2, 0.25) is 0 Å². The van der Waals surface area contributed by atoms with E-state index in [-0.39, 0.29) is 23.9 Å². The number of benzene rings is 1. The fourth-order valence-electron chi connectivity index (χ4n) is 3.33. The third-order valence-corrected chi connectivity index (χ3v) is 6.65. The number of carbonyl (C=O) groups excluding carboxylic acids is 2. The minimum Gasteiger partial charge on any atom is -0.464 e. The third-order valence-electron chi connectivity index (χ3n) is 4.87. The third kappa shape index (κ3) is 5.28. The van der Waals surface area contributed by atoms with Gasteiger partial charge in [-0.15, -0.1) is 0 Å². The van der Waals surface area contributed by atoms with Gasteiger partial charge in [-0.3, -0.25) is 4.79 Å². The number of furan rings is 1. The van der Waals surface area contributed by atoms with E-state index >= 15 is 0 Å². The van der Waals surface area contributed by atoms with Crippen molar-refractivity contribution in [3.8, 4) is 0 Å². The molecule has 1 saturated heterocycles. The number of hydrogen-bond donors (Lipinski definition) is 1. The first-order valence-electron chi connectivity index (χ1n) is 10.0. The Balaban J connectivity index is 1.73. The number of rotatable bonds is 8. The lowest BCUT2D eigenvalue weighted by molar-refractivity contribution is -0.145. The van der Waals surface area contributed by atoms with Crippen LogP contribution in [-0.4, -0.2) is 50.3 Å². The van der Waals surface area contributed by atoms with E-state index in [0.29, 0.717) is 13.1 Å². The average Bonchev–Trinajstić information content (AvgIpc) is 3.26. The van der Waals surface area contributed by atoms with Gasteiger partial charge in [-0.25, -0.2) is 13.2 Å². The van der Waals surface area contributed by atoms with E-state index in [0.717, 1.165) is 24.8 Å². The number of nitrogens with zero attached hydrogens (tertiary/aromatic N) is 1. The molecule has 2 aromatic rings. The molecule has 0 bridgehead atoms. The number of ether oxygens (including phenoxy) is 1. The first-order chi connectivity index (χ1) is 14.4. The van der Waals surface area contributed by atoms with Crippen molar-refractivity contribution in [2.24, 2.45) is 0 Å². The molecule has 0 aliphatic carbocycles. The van der Waals surface area contributed by atoms with E-state index in [4.69, 9.17) is 9.15 Å². The Bertz CT molecular complexity index is 964. The van der Waals surface area contributed by atoms with Crippen molar-refractivity contribution in [1.29, 1.82) is 0 Å². The van der Waals surface area contributed by atoms with Crippen molar-refractivity contribution < 1.29 is 27.2 Å². The van der Waals surface area contributed by atoms with Crippen LogP contribution in [0.1, 0.15) is 42.3 Å². The molecule has 1 aliphatic rings. The SMILES string of the molecule is CCOC(=O)C(Cc1ccccc1)NC(=O)c1ccc(S(=O)(=O)N2CCCCC2)o1. The maximum atomic E-state index is 12.7. The van der Waals surface area contributed by atoms with E-state index in [2.05, 4.69) is 5.32 Å². The van der Waals surface area contributed by atoms with Crippen molar-refractivity contribution in [3.63, 3.8) is 0 Å². The Morgan fingerprint density at radius 1 is 1.10 bits per heavy atom. The first kappa shape index (κ1) is 22.0. The standard InChI is InChI=1S/C21H26N2O6S/c1-2-28-21(25)17(15-16-9-5-3-6-10-16)22-20(24)18-11-12-19(29-18)30(26,27)23-13-7-4-8-14-23/h3,5-6,9-12,17H,2,4,7-8,13-15H2,1H3,(H,22,24). The monoisotopic (exact) mass is 434 g/mol. The van der Waals surface area contributed by atoms with Gasteiger partial charge in [-0.1, -0.05) is 36.8 Å². The van der Waals surface area contributed by atoms with Crippen LogP contribution in [0, 0.1) is 0 Å². The Labute approximate surface area is 176 Å². The summed E-state index contributed by atoms with van der Waals surface area (Å²) < 4.78 is 37.2. The lowest BCUT2D eigenvalue weighted by Crippen LogP contribution is -2.43. The summed E-state index contributed by atoms with van der Waals surface area (Å²) in [7, 11) is -3.78. The number of esters is 1. The molecule has 8 nitrogen and oxygen atoms in total. The van der Waals surface area contributed by atoms with Gasteiger partial charge in [0.1, 0.15) is 6.04 Å². The molecule has 3 rings (SSSR count). The van der Waals surface area contributed by atoms with E-state index < -0.39 is 27.9 Å². The van der Waals surface area contributed by atoms with Crippen molar-refractivity contribution >= 4 is 21.9 Å². The molecule has 1 atom stereocenters. The van der Waals surface area contributed by atoms with Crippen LogP contribution in [0.3, 0.4) is 0 Å². The second-order valence-electron chi connectivity index (χ2n) is 7.05. The number of hydrogen-bond acceptors (Lipinski definition) is 6. The van der Waals surface area contributed by atoms with Crippen LogP contribution < -0.4 is 5.32 Å². The minimum atomic E-state index is -3.78. The van der Waals surface area contributed by atoms with Crippen LogP contribution in [0.25, 0.3) is 0 Å². The van der Waals surface area contributed by atoms with E-state index in [9.17, 15) is 18.0 Å². The lowest BCUT2D eigenvalue weighted by Gasteiger charge is -2.24. The fraction of sp³-hybridized carbons (Fsp3) is 0.429. The normalized spacial score (nSPS) is 16.0. The largest absolute Gasteiger partial charge is 0.464 e. The van der Waals surface area contributed by atoms with Gasteiger partial charge in [-0.2, -0.15) is 4.31 Å². The van der Waals surface area contributed by atoms with Gasteiger partial charge in [-0.05, 0) is 37.5 Å². The molecule has 2 heterocycles. The van der Waals surface area contributed by atoms with E-state index in [1.54, 1.807) is 6.92 Å². The van der Waals surface area contributed by atoms with Gasteiger partial charge in [0.05, 0.1) is 6.61 Å². The quantitative estimate of drug-likeness (QED) is 0.640. The molecule has 1 aromatic carbocycles. The zero-order chi connectivity index (χ0) is 21.6. The highest BCUT2D eigenvalue weighted by Crippen LogP contribution is 2.22. The molecule has 30 heavy (non-hydrogen) atoms. The Morgan fingerprint density at radius 2 is 1.80 bits per heavy atom. The smallest absolute Gasteiger partial charge is 0.328 e. The molecule has 1 unspecified atom stereocenters. The molecule has 1 fully saturated rings. The second-order valence-corrected chi connectivity index (χ2v) is 8.92. The molecule has 1 aromatic heterocycles. The summed E-state index contributed by atoms with van der Waals surface area (Å²) in [5.74, 6) is -1.42. The van der Waals surface area contributed by atoms with Crippen LogP contribution in [0.5, 0.6) is 0 Å². The summed E-state index contributed by atoms with van der Waals surface area (Å²) in [5, 5.41) is 2.32. The summed E-state index contributed by atoms with van der Waals surface area (Å²) in [6.45, 7) is 2.74. The second kappa shape index (κ2) is 9.90. The molecular formula is C21H26N2O6S. The van der Waals surface area contributed by atoms with Gasteiger partial charge in [0, 0.05) is 19.5 Å². The van der Waals surface area contributed by atoms with Gasteiger partial charge >= 0.3 is 5.97 Å². The molecule has 1 aliphatic heterocycles. The maximum Gasteiger partial charge on any atom is 0.328 e. The highest BCUT2D eigenvalue weighted by atomic mass is 32.2. The summed E-state index contributed by atoms with van der Waals surface area (Å²) in [5.41, 5.74) is 0.851. The summed E-state index contributed by atoms with van der Waals surface area (Å²) in [4.78, 5) is 25.0. The Morgan fingerprint density at radius 3 is 2.47 bits per heavy atom. The van der Waals surface area contributed by atoms with Crippen LogP contribution in [-0.2, 0) is 26.0 Å². The van der Waals surface area contributed by atoms with Crippen LogP contribution in [0.15, 0.2) is 52.0 Å². The van der Waals surface area contributed by atoms with Gasteiger partial charge in [0.2, 0.25) is 5.09 Å². The molecule has 1 amide bonds. The molecule has 0 saturated carbocycles. The van der Waals surface area contributed by atoms with Crippen molar-refractivity contribution in [3.05, 3.63) is 53.8 Å². The van der Waals surface area contributed by atoms with Crippen LogP contribution in [0.4, 0.5) is 0 Å². The van der Waals surface area contributed by atoms with E-state index in [1.165, 1.54) is 16.4 Å². The average molecular weight is 435 g/mol. The van der Waals surface area contributed by atoms with Crippen LogP contribution >= 0.6 is 0 Å². The van der Waals surface area contributed by atoms with Gasteiger partial charge < -0.3 is 14.5 Å². The highest BCUT2D eigenvalue weighted by Gasteiger charge is 2.30. The number of amides is 1. The number of sulfonamides is 1. The predicted molar refractivity (Wildman–Crippen MR) is 109 cm³/mol. The molecule has 162 valence electrons. The fourth-order valence-corrected chi connectivity index (χ4v) is 4.76. The minimum absolute atomic E-state index is 0.173. The molecule has 0 spiro atoms. The summed E-state index contributed by atoms with van der Waals surface area (Å²) in [6, 6.07) is 10.9. The van der Waals surface area contributed by atoms with E-state index in [1.807, 2.05) is 30.3 Å². The Hall–Kier alpha value is -2.65. The molecule has 0 radical (unpaired) electrons. The first-order valence-corrected chi connectivity index (χ1v) is 11.5. The summed E-state index contributed by atoms with van der Waals surface area (Å²) in [6.07, 6.45) is 2.83. The maximum absolute atomic E-state index is 12.7. The number of piperidine rings is 1. The predicted octanol–water partition coefficient (Wildman–Crippen LogP) is 2.36. The molecular weight excluding hydrogens is 408 g/mol. The topological polar surface area (TPSA) is 106 Å². The van der Waals surface area contributed by atoms with Crippen molar-refractivity contribution in [2.45, 2.75) is 43.7 Å². The molecule has 1 N–H and O–H groups in total. The van der Waals surface area contributed by atoms with Gasteiger partial charge in [0.25, 0.3) is 15.9 Å². The molecule has 9 heteroatoms. The van der Waals surface area contributed by atoms with Crippen molar-refractivity contribution in [1.82, 2.24) is 9.62 Å². The van der Waals surface area contributed by atoms with Crippen molar-refractivity contribution in [2.75, 3.05) is 19.7 Å². The number of carbonyl (C=O) groups is 2. The van der Waals surface area contributed by atoms with Gasteiger partial charge in [0.15, 0.2) is 5.76 Å². The zero-order valence-electron chi connectivity index (χ0n) is 16.9. The zero-order valence-corrected chi connectivity index (χ0v) is 17.7. The number of nitrogens with one attached hydrogen (secondary N) is 1.